The predicted molar refractivity (Wildman–Crippen MR) is 229 cm³/mol. The maximum Gasteiger partial charge on any atom is 0.164 e. The van der Waals surface area contributed by atoms with Gasteiger partial charge >= 0.3 is 0 Å². The Morgan fingerprint density at radius 1 is 0.321 bits per heavy atom. The summed E-state index contributed by atoms with van der Waals surface area (Å²) in [7, 11) is 0. The first-order valence-electron chi connectivity index (χ1n) is 18.8. The predicted octanol–water partition coefficient (Wildman–Crippen LogP) is 13.2. The number of aromatic nitrogens is 4. The molecule has 11 aromatic rings. The van der Waals surface area contributed by atoms with E-state index in [-0.39, 0.29) is 0 Å². The summed E-state index contributed by atoms with van der Waals surface area (Å²) in [6, 6.07) is 67.5. The molecule has 0 radical (unpaired) electrons. The number of furan rings is 1. The van der Waals surface area contributed by atoms with Crippen LogP contribution in [0.2, 0.25) is 0 Å². The van der Waals surface area contributed by atoms with Gasteiger partial charge in [0.05, 0.1) is 11.0 Å². The van der Waals surface area contributed by atoms with Crippen LogP contribution < -0.4 is 0 Å². The smallest absolute Gasteiger partial charge is 0.164 e. The Hall–Kier alpha value is -7.63. The molecule has 56 heavy (non-hydrogen) atoms. The Morgan fingerprint density at radius 3 is 1.64 bits per heavy atom. The minimum absolute atomic E-state index is 0.627. The normalized spacial score (nSPS) is 11.6. The van der Waals surface area contributed by atoms with Crippen molar-refractivity contribution >= 4 is 43.7 Å². The second kappa shape index (κ2) is 13.0. The highest BCUT2D eigenvalue weighted by Crippen LogP contribution is 2.39. The van der Waals surface area contributed by atoms with Crippen molar-refractivity contribution in [3.05, 3.63) is 194 Å². The summed E-state index contributed by atoms with van der Waals surface area (Å²) in [5, 5.41) is 4.67. The largest absolute Gasteiger partial charge is 0.456 e. The molecular weight excluding hydrogens is 685 g/mol. The third-order valence-electron chi connectivity index (χ3n) is 10.7. The highest BCUT2D eigenvalue weighted by Gasteiger charge is 2.18. The van der Waals surface area contributed by atoms with Gasteiger partial charge in [-0.05, 0) is 64.7 Å². The SMILES string of the molecule is c1ccc(-c2nc(-c3ccccc3)nc(-c3ccccc3-c3cccc(-n4c5ccccc5c5ccc(-c6ccc7c(c6)oc6ccccc67)cc54)c3)n2)cc1. The fourth-order valence-electron chi connectivity index (χ4n) is 8.01. The van der Waals surface area contributed by atoms with Crippen molar-refractivity contribution in [2.75, 3.05) is 0 Å². The first-order chi connectivity index (χ1) is 27.7. The topological polar surface area (TPSA) is 56.7 Å². The van der Waals surface area contributed by atoms with Crippen molar-refractivity contribution in [1.82, 2.24) is 19.5 Å². The lowest BCUT2D eigenvalue weighted by Crippen LogP contribution is -2.01. The standard InChI is InChI=1S/C51H32N4O/c1-3-14-33(15-4-1)49-52-50(34-16-5-2-6-17-34)54-51(53-49)44-23-8-7-20-39(44)37-18-13-19-38(30-37)55-45-24-11-9-21-40(45)41-28-26-35(31-46(41)55)36-27-29-43-42-22-10-12-25-47(42)56-48(43)32-36/h1-32H. The molecule has 0 N–H and O–H groups in total. The molecule has 0 saturated carbocycles. The summed E-state index contributed by atoms with van der Waals surface area (Å²) in [5.41, 5.74) is 12.3. The van der Waals surface area contributed by atoms with Gasteiger partial charge in [-0.15, -0.1) is 0 Å². The van der Waals surface area contributed by atoms with Gasteiger partial charge in [0.25, 0.3) is 0 Å². The van der Waals surface area contributed by atoms with E-state index in [0.717, 1.165) is 77.6 Å². The molecule has 5 heteroatoms. The van der Waals surface area contributed by atoms with Crippen LogP contribution in [0.15, 0.2) is 199 Å². The van der Waals surface area contributed by atoms with E-state index in [1.807, 2.05) is 78.9 Å². The Labute approximate surface area is 322 Å². The van der Waals surface area contributed by atoms with Crippen LogP contribution in [0, 0.1) is 0 Å². The summed E-state index contributed by atoms with van der Waals surface area (Å²) < 4.78 is 8.66. The van der Waals surface area contributed by atoms with Gasteiger partial charge in [0.2, 0.25) is 0 Å². The van der Waals surface area contributed by atoms with E-state index in [1.165, 1.54) is 10.8 Å². The van der Waals surface area contributed by atoms with E-state index in [2.05, 4.69) is 120 Å². The third-order valence-corrected chi connectivity index (χ3v) is 10.7. The molecule has 0 spiro atoms. The van der Waals surface area contributed by atoms with Gasteiger partial charge in [-0.25, -0.2) is 15.0 Å². The Bertz CT molecular complexity index is 3200. The molecule has 0 aliphatic heterocycles. The number of hydrogen-bond acceptors (Lipinski definition) is 4. The first kappa shape index (κ1) is 31.9. The molecule has 0 unspecified atom stereocenters. The number of hydrogen-bond donors (Lipinski definition) is 0. The van der Waals surface area contributed by atoms with Crippen LogP contribution in [0.5, 0.6) is 0 Å². The van der Waals surface area contributed by atoms with Crippen molar-refractivity contribution in [2.45, 2.75) is 0 Å². The molecule has 3 heterocycles. The van der Waals surface area contributed by atoms with Gasteiger partial charge in [0.15, 0.2) is 17.5 Å². The maximum atomic E-state index is 6.28. The summed E-state index contributed by atoms with van der Waals surface area (Å²) in [4.78, 5) is 15.1. The molecule has 0 aliphatic rings. The number of fused-ring (bicyclic) bond motifs is 6. The zero-order chi connectivity index (χ0) is 37.0. The van der Waals surface area contributed by atoms with Crippen LogP contribution >= 0.6 is 0 Å². The average molecular weight is 717 g/mol. The minimum atomic E-state index is 0.627. The molecule has 0 atom stereocenters. The monoisotopic (exact) mass is 716 g/mol. The van der Waals surface area contributed by atoms with E-state index in [4.69, 9.17) is 19.4 Å². The van der Waals surface area contributed by atoms with Crippen molar-refractivity contribution in [3.63, 3.8) is 0 Å². The fourth-order valence-corrected chi connectivity index (χ4v) is 8.01. The van der Waals surface area contributed by atoms with Crippen molar-refractivity contribution in [1.29, 1.82) is 0 Å². The molecular formula is C51H32N4O. The Kier molecular flexibility index (Phi) is 7.42. The van der Waals surface area contributed by atoms with E-state index in [0.29, 0.717) is 17.5 Å². The van der Waals surface area contributed by atoms with Crippen LogP contribution in [0.3, 0.4) is 0 Å². The minimum Gasteiger partial charge on any atom is -0.456 e. The van der Waals surface area contributed by atoms with Crippen LogP contribution in [0.4, 0.5) is 0 Å². The van der Waals surface area contributed by atoms with Crippen LogP contribution in [0.1, 0.15) is 0 Å². The second-order valence-corrected chi connectivity index (χ2v) is 14.0. The molecule has 0 saturated heterocycles. The molecule has 0 fully saturated rings. The lowest BCUT2D eigenvalue weighted by molar-refractivity contribution is 0.669. The van der Waals surface area contributed by atoms with Crippen LogP contribution in [-0.4, -0.2) is 19.5 Å². The highest BCUT2D eigenvalue weighted by molar-refractivity contribution is 6.11. The zero-order valence-corrected chi connectivity index (χ0v) is 30.2. The number of nitrogens with zero attached hydrogens (tertiary/aromatic N) is 4. The van der Waals surface area contributed by atoms with Gasteiger partial charge in [0.1, 0.15) is 11.2 Å². The molecule has 11 rings (SSSR count). The van der Waals surface area contributed by atoms with E-state index >= 15 is 0 Å². The van der Waals surface area contributed by atoms with Gasteiger partial charge < -0.3 is 8.98 Å². The third kappa shape index (κ3) is 5.37. The summed E-state index contributed by atoms with van der Waals surface area (Å²) in [6.07, 6.45) is 0. The van der Waals surface area contributed by atoms with Crippen LogP contribution in [0.25, 0.3) is 106 Å². The van der Waals surface area contributed by atoms with E-state index in [1.54, 1.807) is 0 Å². The Morgan fingerprint density at radius 2 is 0.875 bits per heavy atom. The fraction of sp³-hybridized carbons (Fsp3) is 0. The van der Waals surface area contributed by atoms with Crippen molar-refractivity contribution < 1.29 is 4.42 Å². The van der Waals surface area contributed by atoms with Crippen molar-refractivity contribution in [3.8, 4) is 62.1 Å². The van der Waals surface area contributed by atoms with Gasteiger partial charge in [-0.3, -0.25) is 0 Å². The van der Waals surface area contributed by atoms with Gasteiger partial charge in [-0.1, -0.05) is 152 Å². The molecule has 262 valence electrons. The Balaban J connectivity index is 1.06. The maximum absolute atomic E-state index is 6.28. The quantitative estimate of drug-likeness (QED) is 0.172. The number of rotatable bonds is 6. The second-order valence-electron chi connectivity index (χ2n) is 14.0. The molecule has 0 bridgehead atoms. The lowest BCUT2D eigenvalue weighted by atomic mass is 9.98. The molecule has 0 amide bonds. The molecule has 8 aromatic carbocycles. The summed E-state index contributed by atoms with van der Waals surface area (Å²) >= 11 is 0. The molecule has 3 aromatic heterocycles. The highest BCUT2D eigenvalue weighted by atomic mass is 16.3. The summed E-state index contributed by atoms with van der Waals surface area (Å²) in [6.45, 7) is 0. The van der Waals surface area contributed by atoms with Crippen molar-refractivity contribution in [2.24, 2.45) is 0 Å². The average Bonchev–Trinajstić information content (AvgIpc) is 3.82. The molecule has 5 nitrogen and oxygen atoms in total. The number of benzene rings is 8. The molecule has 0 aliphatic carbocycles. The van der Waals surface area contributed by atoms with Crippen LogP contribution in [-0.2, 0) is 0 Å². The zero-order valence-electron chi connectivity index (χ0n) is 30.2. The lowest BCUT2D eigenvalue weighted by Gasteiger charge is -2.14. The van der Waals surface area contributed by atoms with Gasteiger partial charge in [0, 0.05) is 43.9 Å². The number of para-hydroxylation sites is 2. The summed E-state index contributed by atoms with van der Waals surface area (Å²) in [5.74, 6) is 1.90. The van der Waals surface area contributed by atoms with E-state index < -0.39 is 0 Å². The van der Waals surface area contributed by atoms with Gasteiger partial charge in [-0.2, -0.15) is 0 Å². The first-order valence-corrected chi connectivity index (χ1v) is 18.8. The van der Waals surface area contributed by atoms with E-state index in [9.17, 15) is 0 Å².